The third-order valence-corrected chi connectivity index (χ3v) is 7.37. The van der Waals surface area contributed by atoms with Crippen LogP contribution in [0.4, 0.5) is 0 Å². The molecule has 0 aliphatic heterocycles. The van der Waals surface area contributed by atoms with E-state index in [1.54, 1.807) is 19.4 Å². The van der Waals surface area contributed by atoms with Gasteiger partial charge < -0.3 is 9.47 Å². The number of hydrogen-bond acceptors (Lipinski definition) is 7. The number of halogens is 1. The molecule has 41 heavy (non-hydrogen) atoms. The van der Waals surface area contributed by atoms with Crippen molar-refractivity contribution in [2.45, 2.75) is 11.8 Å². The monoisotopic (exact) mass is 627 g/mol. The zero-order chi connectivity index (χ0) is 28.4. The predicted octanol–water partition coefficient (Wildman–Crippen LogP) is 6.53. The number of ether oxygens (including phenoxy) is 2. The Balaban J connectivity index is 1.21. The number of amides is 1. The van der Waals surface area contributed by atoms with Gasteiger partial charge in [-0.1, -0.05) is 88.4 Å². The molecule has 0 aliphatic carbocycles. The number of carbonyl (C=O) groups excluding carboxylic acids is 1. The predicted molar refractivity (Wildman–Crippen MR) is 165 cm³/mol. The van der Waals surface area contributed by atoms with Gasteiger partial charge in [0.25, 0.3) is 5.91 Å². The number of aromatic nitrogens is 3. The van der Waals surface area contributed by atoms with Crippen LogP contribution in [0.15, 0.2) is 118 Å². The second-order valence-corrected chi connectivity index (χ2v) is 10.6. The summed E-state index contributed by atoms with van der Waals surface area (Å²) in [6.07, 6.45) is 1.56. The summed E-state index contributed by atoms with van der Waals surface area (Å²) in [6.45, 7) is 0.432. The highest BCUT2D eigenvalue weighted by molar-refractivity contribution is 9.10. The molecule has 1 N–H and O–H groups in total. The van der Waals surface area contributed by atoms with E-state index in [0.717, 1.165) is 26.9 Å². The third kappa shape index (κ3) is 7.41. The number of carbonyl (C=O) groups is 1. The van der Waals surface area contributed by atoms with E-state index in [0.29, 0.717) is 29.1 Å². The van der Waals surface area contributed by atoms with Crippen LogP contribution >= 0.6 is 27.7 Å². The van der Waals surface area contributed by atoms with E-state index in [9.17, 15) is 4.79 Å². The minimum Gasteiger partial charge on any atom is -0.493 e. The van der Waals surface area contributed by atoms with E-state index in [1.807, 2.05) is 102 Å². The maximum Gasteiger partial charge on any atom is 0.250 e. The summed E-state index contributed by atoms with van der Waals surface area (Å²) in [6, 6.07) is 33.0. The van der Waals surface area contributed by atoms with Gasteiger partial charge in [-0.15, -0.1) is 10.2 Å². The van der Waals surface area contributed by atoms with Crippen molar-refractivity contribution in [3.63, 3.8) is 0 Å². The molecule has 206 valence electrons. The Morgan fingerprint density at radius 2 is 1.68 bits per heavy atom. The quantitative estimate of drug-likeness (QED) is 0.102. The van der Waals surface area contributed by atoms with Gasteiger partial charge in [0, 0.05) is 15.7 Å². The largest absolute Gasteiger partial charge is 0.493 e. The van der Waals surface area contributed by atoms with E-state index in [-0.39, 0.29) is 11.7 Å². The molecule has 1 heterocycles. The number of rotatable bonds is 11. The lowest BCUT2D eigenvalue weighted by Crippen LogP contribution is -2.20. The first-order valence-electron chi connectivity index (χ1n) is 12.7. The van der Waals surface area contributed by atoms with Crippen molar-refractivity contribution in [3.05, 3.63) is 119 Å². The highest BCUT2D eigenvalue weighted by Crippen LogP contribution is 2.30. The number of para-hydroxylation sites is 1. The molecular weight excluding hydrogens is 602 g/mol. The molecule has 1 amide bonds. The van der Waals surface area contributed by atoms with Crippen LogP contribution in [0.25, 0.3) is 17.1 Å². The summed E-state index contributed by atoms with van der Waals surface area (Å²) in [5.41, 5.74) is 6.21. The van der Waals surface area contributed by atoms with Crippen LogP contribution in [0.5, 0.6) is 11.5 Å². The van der Waals surface area contributed by atoms with Crippen molar-refractivity contribution in [1.82, 2.24) is 20.2 Å². The van der Waals surface area contributed by atoms with Crippen molar-refractivity contribution >= 4 is 39.8 Å². The van der Waals surface area contributed by atoms with Crippen LogP contribution in [-0.4, -0.2) is 39.7 Å². The molecule has 4 aromatic carbocycles. The molecule has 0 saturated heterocycles. The highest BCUT2D eigenvalue weighted by atomic mass is 79.9. The fourth-order valence-electron chi connectivity index (χ4n) is 3.92. The summed E-state index contributed by atoms with van der Waals surface area (Å²) in [5.74, 6) is 1.73. The van der Waals surface area contributed by atoms with Crippen LogP contribution in [-0.2, 0) is 11.4 Å². The molecule has 0 bridgehead atoms. The second kappa shape index (κ2) is 13.8. The van der Waals surface area contributed by atoms with Crippen molar-refractivity contribution < 1.29 is 14.3 Å². The smallest absolute Gasteiger partial charge is 0.250 e. The first-order valence-corrected chi connectivity index (χ1v) is 14.4. The van der Waals surface area contributed by atoms with Crippen LogP contribution in [0, 0.1) is 0 Å². The first kappa shape index (κ1) is 28.1. The summed E-state index contributed by atoms with van der Waals surface area (Å²) in [7, 11) is 1.58. The average molecular weight is 629 g/mol. The molecular formula is C31H26BrN5O3S. The van der Waals surface area contributed by atoms with E-state index in [1.165, 1.54) is 11.8 Å². The number of nitrogens with zero attached hydrogens (tertiary/aromatic N) is 4. The number of hydrogen-bond donors (Lipinski definition) is 1. The normalized spacial score (nSPS) is 11.0. The Morgan fingerprint density at radius 3 is 2.41 bits per heavy atom. The number of hydrazone groups is 1. The van der Waals surface area contributed by atoms with Crippen LogP contribution in [0.1, 0.15) is 11.1 Å². The molecule has 10 heteroatoms. The van der Waals surface area contributed by atoms with Crippen molar-refractivity contribution in [3.8, 4) is 28.6 Å². The van der Waals surface area contributed by atoms with Crippen LogP contribution in [0.3, 0.4) is 0 Å². The van der Waals surface area contributed by atoms with Gasteiger partial charge in [0.15, 0.2) is 22.5 Å². The molecule has 1 aromatic heterocycles. The summed E-state index contributed by atoms with van der Waals surface area (Å²) in [4.78, 5) is 12.6. The molecule has 5 aromatic rings. The van der Waals surface area contributed by atoms with Gasteiger partial charge in [0.1, 0.15) is 6.61 Å². The zero-order valence-corrected chi connectivity index (χ0v) is 24.5. The first-order chi connectivity index (χ1) is 20.1. The minimum absolute atomic E-state index is 0.109. The van der Waals surface area contributed by atoms with E-state index in [2.05, 4.69) is 36.7 Å². The minimum atomic E-state index is -0.270. The zero-order valence-electron chi connectivity index (χ0n) is 22.1. The highest BCUT2D eigenvalue weighted by Gasteiger charge is 2.17. The Hall–Kier alpha value is -4.41. The van der Waals surface area contributed by atoms with E-state index < -0.39 is 0 Å². The van der Waals surface area contributed by atoms with Gasteiger partial charge in [-0.3, -0.25) is 9.36 Å². The molecule has 0 fully saturated rings. The van der Waals surface area contributed by atoms with Gasteiger partial charge >= 0.3 is 0 Å². The number of benzene rings is 4. The number of nitrogens with one attached hydrogen (secondary N) is 1. The molecule has 8 nitrogen and oxygen atoms in total. The maximum atomic E-state index is 12.6. The fourth-order valence-corrected chi connectivity index (χ4v) is 4.93. The van der Waals surface area contributed by atoms with Gasteiger partial charge in [-0.2, -0.15) is 5.10 Å². The molecule has 0 atom stereocenters. The second-order valence-electron chi connectivity index (χ2n) is 8.75. The molecule has 0 saturated carbocycles. The van der Waals surface area contributed by atoms with Crippen molar-refractivity contribution in [2.75, 3.05) is 12.9 Å². The Bertz CT molecular complexity index is 1630. The lowest BCUT2D eigenvalue weighted by molar-refractivity contribution is -0.118. The summed E-state index contributed by atoms with van der Waals surface area (Å²) >= 11 is 4.76. The Morgan fingerprint density at radius 1 is 0.951 bits per heavy atom. The molecule has 0 radical (unpaired) electrons. The van der Waals surface area contributed by atoms with Crippen molar-refractivity contribution in [1.29, 1.82) is 0 Å². The van der Waals surface area contributed by atoms with Crippen LogP contribution in [0.2, 0.25) is 0 Å². The van der Waals surface area contributed by atoms with Crippen molar-refractivity contribution in [2.24, 2.45) is 5.10 Å². The fraction of sp³-hybridized carbons (Fsp3) is 0.0968. The molecule has 0 spiro atoms. The Labute approximate surface area is 250 Å². The van der Waals surface area contributed by atoms with E-state index >= 15 is 0 Å². The molecule has 5 rings (SSSR count). The molecule has 0 unspecified atom stereocenters. The van der Waals surface area contributed by atoms with Gasteiger partial charge in [0.05, 0.1) is 19.1 Å². The lowest BCUT2D eigenvalue weighted by atomic mass is 10.2. The standard InChI is InChI=1S/C31H26BrN5O3S/c1-39-28-18-23(12-17-27(28)40-20-22-8-4-2-5-9-22)19-33-34-29(38)21-41-31-36-35-30(24-13-15-25(32)16-14-24)37(31)26-10-6-3-7-11-26/h2-19H,20-21H2,1H3,(H,34,38)/b33-19+. The summed E-state index contributed by atoms with van der Waals surface area (Å²) < 4.78 is 14.3. The SMILES string of the molecule is COc1cc(/C=N/NC(=O)CSc2nnc(-c3ccc(Br)cc3)n2-c2ccccc2)ccc1OCc1ccccc1. The van der Waals surface area contributed by atoms with Gasteiger partial charge in [0.2, 0.25) is 0 Å². The third-order valence-electron chi connectivity index (χ3n) is 5.91. The summed E-state index contributed by atoms with van der Waals surface area (Å²) in [5, 5.41) is 13.5. The van der Waals surface area contributed by atoms with Crippen LogP contribution < -0.4 is 14.9 Å². The van der Waals surface area contributed by atoms with E-state index in [4.69, 9.17) is 9.47 Å². The number of methoxy groups -OCH3 is 1. The molecule has 0 aliphatic rings. The lowest BCUT2D eigenvalue weighted by Gasteiger charge is -2.11. The average Bonchev–Trinajstić information content (AvgIpc) is 3.44. The topological polar surface area (TPSA) is 90.6 Å². The Kier molecular flexibility index (Phi) is 9.45. The number of thioether (sulfide) groups is 1. The van der Waals surface area contributed by atoms with Gasteiger partial charge in [-0.25, -0.2) is 5.43 Å². The maximum absolute atomic E-state index is 12.6. The van der Waals surface area contributed by atoms with Gasteiger partial charge in [-0.05, 0) is 53.6 Å².